The summed E-state index contributed by atoms with van der Waals surface area (Å²) in [7, 11) is 0. The van der Waals surface area contributed by atoms with Crippen molar-refractivity contribution >= 4 is 33.6 Å². The molecule has 4 saturated heterocycles. The molecule has 0 saturated carbocycles. The van der Waals surface area contributed by atoms with Crippen molar-refractivity contribution in [3.8, 4) is 35.5 Å². The number of hydrogen-bond acceptors (Lipinski definition) is 9. The fraction of sp³-hybridized carbons (Fsp3) is 0.459. The topological polar surface area (TPSA) is 93.2 Å². The van der Waals surface area contributed by atoms with Gasteiger partial charge in [0.05, 0.1) is 35.8 Å². The summed E-state index contributed by atoms with van der Waals surface area (Å²) in [5, 5.41) is 1.24. The number of terminal acetylenes is 1. The van der Waals surface area contributed by atoms with Crippen LogP contribution in [-0.4, -0.2) is 100 Å². The van der Waals surface area contributed by atoms with Gasteiger partial charge in [0.1, 0.15) is 47.6 Å². The van der Waals surface area contributed by atoms with Gasteiger partial charge in [-0.3, -0.25) is 9.80 Å². The molecule has 5 aliphatic rings. The lowest BCUT2D eigenvalue weighted by Gasteiger charge is -2.45. The average molecular weight is 685 g/mol. The summed E-state index contributed by atoms with van der Waals surface area (Å²) in [5.74, 6) is 1.56. The lowest BCUT2D eigenvalue weighted by molar-refractivity contribution is 0.0658. The van der Waals surface area contributed by atoms with E-state index in [1.807, 2.05) is 0 Å². The first-order valence-corrected chi connectivity index (χ1v) is 17.3. The average Bonchev–Trinajstić information content (AvgIpc) is 3.72. The summed E-state index contributed by atoms with van der Waals surface area (Å²) in [6, 6.07) is 7.22. The Balaban J connectivity index is 1.21. The van der Waals surface area contributed by atoms with Crippen molar-refractivity contribution in [3.05, 3.63) is 47.5 Å². The predicted molar refractivity (Wildman–Crippen MR) is 179 cm³/mol. The maximum absolute atomic E-state index is 17.1. The van der Waals surface area contributed by atoms with Crippen LogP contribution in [0.4, 0.5) is 23.8 Å². The van der Waals surface area contributed by atoms with Crippen LogP contribution in [0.2, 0.25) is 0 Å². The summed E-state index contributed by atoms with van der Waals surface area (Å²) in [4.78, 5) is 33.3. The number of pyridine rings is 1. The summed E-state index contributed by atoms with van der Waals surface area (Å²) in [5.41, 5.74) is -0.382. The molecular formula is C37H35F3N6O4. The van der Waals surface area contributed by atoms with Crippen molar-refractivity contribution in [2.24, 2.45) is 0 Å². The highest BCUT2D eigenvalue weighted by molar-refractivity contribution is 6.03. The normalized spacial score (nSPS) is 26.8. The van der Waals surface area contributed by atoms with Crippen LogP contribution in [0.15, 0.2) is 30.3 Å². The summed E-state index contributed by atoms with van der Waals surface area (Å²) in [6.45, 7) is 3.87. The van der Waals surface area contributed by atoms with Crippen LogP contribution in [-0.2, 0) is 4.74 Å². The smallest absolute Gasteiger partial charge is 0.410 e. The monoisotopic (exact) mass is 684 g/mol. The third kappa shape index (κ3) is 4.60. The molecule has 50 heavy (non-hydrogen) atoms. The molecule has 4 fully saturated rings. The van der Waals surface area contributed by atoms with E-state index in [0.717, 1.165) is 32.2 Å². The maximum Gasteiger partial charge on any atom is 0.410 e. The highest BCUT2D eigenvalue weighted by Crippen LogP contribution is 2.46. The zero-order chi connectivity index (χ0) is 34.3. The van der Waals surface area contributed by atoms with E-state index in [-0.39, 0.29) is 83.7 Å². The number of halogens is 3. The molecule has 0 N–H and O–H groups in total. The van der Waals surface area contributed by atoms with Crippen molar-refractivity contribution in [2.75, 3.05) is 44.4 Å². The van der Waals surface area contributed by atoms with Gasteiger partial charge in [0.2, 0.25) is 5.88 Å². The Hall–Kier alpha value is -4.83. The van der Waals surface area contributed by atoms with Crippen LogP contribution in [0.3, 0.4) is 0 Å². The molecule has 13 heteroatoms. The number of anilines is 1. The molecule has 10 nitrogen and oxygen atoms in total. The number of aromatic nitrogens is 3. The number of piperazine rings is 1. The van der Waals surface area contributed by atoms with Gasteiger partial charge in [-0.05, 0) is 50.6 Å². The first-order valence-electron chi connectivity index (χ1n) is 17.3. The van der Waals surface area contributed by atoms with Gasteiger partial charge in [-0.15, -0.1) is 6.42 Å². The first kappa shape index (κ1) is 31.2. The SMILES string of the molecule is C#Cc1c(F)ccc2cccc(-c3nc4c5c(nc(OC[C@@]67CCCN6C[C@H](F)C7)nc5c3F)N3CC5CCC(C3CO4)N5C(=O)OCC)c12. The second-order valence-electron chi connectivity index (χ2n) is 13.9. The standard InChI is InChI=1S/C37H35F3N6O4/c1-3-23-25(39)11-9-20-7-5-8-24(28(20)23)31-30(40)32-29-33(43-35(42-32)50-19-37-13-6-14-44(37)16-21(38)15-37)45-17-22-10-12-26(46(22)36(47)48-4-2)27(45)18-49-34(29)41-31/h1,5,7-9,11,21-22,26-27H,4,6,10,12-19H2,2H3/t21-,22?,26?,27?,37+/m1/s1. The number of ether oxygens (including phenoxy) is 3. The molecular weight excluding hydrogens is 649 g/mol. The molecule has 5 atom stereocenters. The number of alkyl halides is 1. The van der Waals surface area contributed by atoms with Crippen LogP contribution in [0, 0.1) is 24.0 Å². The fourth-order valence-corrected chi connectivity index (χ4v) is 9.13. The van der Waals surface area contributed by atoms with Crippen molar-refractivity contribution in [1.82, 2.24) is 24.8 Å². The number of nitrogens with zero attached hydrogens (tertiary/aromatic N) is 6. The summed E-state index contributed by atoms with van der Waals surface area (Å²) < 4.78 is 64.9. The van der Waals surface area contributed by atoms with Gasteiger partial charge in [-0.1, -0.05) is 30.2 Å². The number of hydrogen-bond donors (Lipinski definition) is 0. The molecule has 7 heterocycles. The van der Waals surface area contributed by atoms with Gasteiger partial charge in [0.15, 0.2) is 5.82 Å². The molecule has 9 rings (SSSR count). The predicted octanol–water partition coefficient (Wildman–Crippen LogP) is 5.63. The van der Waals surface area contributed by atoms with Crippen LogP contribution in [0.1, 0.15) is 44.6 Å². The molecule has 2 aromatic carbocycles. The van der Waals surface area contributed by atoms with E-state index in [4.69, 9.17) is 30.6 Å². The molecule has 0 radical (unpaired) electrons. The largest absolute Gasteiger partial charge is 0.475 e. The van der Waals surface area contributed by atoms with Gasteiger partial charge in [0, 0.05) is 30.5 Å². The number of rotatable bonds is 5. The Bertz CT molecular complexity index is 2110. The quantitative estimate of drug-likeness (QED) is 0.248. The molecule has 2 aromatic heterocycles. The number of amides is 1. The Morgan fingerprint density at radius 2 is 2.00 bits per heavy atom. The minimum absolute atomic E-state index is 0.00565. The zero-order valence-electron chi connectivity index (χ0n) is 27.5. The first-order chi connectivity index (χ1) is 24.3. The molecule has 3 unspecified atom stereocenters. The maximum atomic E-state index is 17.1. The zero-order valence-corrected chi connectivity index (χ0v) is 27.5. The van der Waals surface area contributed by atoms with E-state index in [2.05, 4.69) is 20.7 Å². The second kappa shape index (κ2) is 11.6. The Kier molecular flexibility index (Phi) is 7.24. The number of carbonyl (C=O) groups is 1. The van der Waals surface area contributed by atoms with E-state index < -0.39 is 23.3 Å². The fourth-order valence-electron chi connectivity index (χ4n) is 9.13. The van der Waals surface area contributed by atoms with Crippen molar-refractivity contribution in [2.45, 2.75) is 68.9 Å². The summed E-state index contributed by atoms with van der Waals surface area (Å²) >= 11 is 0. The highest BCUT2D eigenvalue weighted by atomic mass is 19.1. The van der Waals surface area contributed by atoms with Gasteiger partial charge < -0.3 is 19.1 Å². The molecule has 4 aromatic rings. The third-order valence-corrected chi connectivity index (χ3v) is 11.3. The van der Waals surface area contributed by atoms with Gasteiger partial charge in [0.25, 0.3) is 0 Å². The van der Waals surface area contributed by atoms with Gasteiger partial charge in [-0.2, -0.15) is 9.97 Å². The number of carbonyl (C=O) groups excluding carboxylic acids is 1. The number of fused-ring (bicyclic) bond motifs is 7. The molecule has 2 bridgehead atoms. The lowest BCUT2D eigenvalue weighted by atomic mass is 9.95. The molecule has 0 spiro atoms. The van der Waals surface area contributed by atoms with Gasteiger partial charge >= 0.3 is 12.1 Å². The summed E-state index contributed by atoms with van der Waals surface area (Å²) in [6.07, 6.45) is 8.01. The van der Waals surface area contributed by atoms with E-state index in [1.54, 1.807) is 36.1 Å². The van der Waals surface area contributed by atoms with Crippen molar-refractivity contribution in [1.29, 1.82) is 0 Å². The Morgan fingerprint density at radius 3 is 2.84 bits per heavy atom. The van der Waals surface area contributed by atoms with Crippen LogP contribution >= 0.6 is 0 Å². The Labute approximate surface area is 286 Å². The van der Waals surface area contributed by atoms with E-state index in [9.17, 15) is 9.18 Å². The minimum Gasteiger partial charge on any atom is -0.475 e. The van der Waals surface area contributed by atoms with Crippen molar-refractivity contribution < 1.29 is 32.2 Å². The molecule has 258 valence electrons. The van der Waals surface area contributed by atoms with E-state index in [0.29, 0.717) is 36.1 Å². The van der Waals surface area contributed by atoms with Crippen LogP contribution < -0.4 is 14.4 Å². The third-order valence-electron chi connectivity index (χ3n) is 11.3. The minimum atomic E-state index is -0.947. The van der Waals surface area contributed by atoms with Gasteiger partial charge in [-0.25, -0.2) is 22.9 Å². The molecule has 5 aliphatic heterocycles. The van der Waals surface area contributed by atoms with Crippen LogP contribution in [0.5, 0.6) is 11.9 Å². The second-order valence-corrected chi connectivity index (χ2v) is 13.9. The van der Waals surface area contributed by atoms with Crippen molar-refractivity contribution in [3.63, 3.8) is 0 Å². The van der Waals surface area contributed by atoms with E-state index >= 15 is 8.78 Å². The van der Waals surface area contributed by atoms with Crippen LogP contribution in [0.25, 0.3) is 32.9 Å². The highest BCUT2D eigenvalue weighted by Gasteiger charge is 2.52. The molecule has 0 aliphatic carbocycles. The molecule has 1 amide bonds. The van der Waals surface area contributed by atoms with E-state index in [1.165, 1.54) is 6.07 Å². The lowest BCUT2D eigenvalue weighted by Crippen LogP contribution is -2.63. The Morgan fingerprint density at radius 1 is 1.12 bits per heavy atom. The number of benzene rings is 2.